The number of rotatable bonds is 3. The van der Waals surface area contributed by atoms with Gasteiger partial charge in [0.2, 0.25) is 0 Å². The lowest BCUT2D eigenvalue weighted by molar-refractivity contribution is 0.0421. The van der Waals surface area contributed by atoms with E-state index in [1.807, 2.05) is 0 Å². The van der Waals surface area contributed by atoms with Gasteiger partial charge in [-0.15, -0.1) is 0 Å². The number of hydrogen-bond donors (Lipinski definition) is 1. The van der Waals surface area contributed by atoms with Crippen LogP contribution in [0.15, 0.2) is 0 Å². The molecule has 0 bridgehead atoms. The summed E-state index contributed by atoms with van der Waals surface area (Å²) in [7, 11) is 4.16. The van der Waals surface area contributed by atoms with Crippen LogP contribution in [0.25, 0.3) is 0 Å². The molecule has 3 nitrogen and oxygen atoms in total. The van der Waals surface area contributed by atoms with Gasteiger partial charge in [0.1, 0.15) is 6.23 Å². The molecule has 1 fully saturated rings. The van der Waals surface area contributed by atoms with Crippen molar-refractivity contribution in [3.05, 3.63) is 0 Å². The Morgan fingerprint density at radius 1 is 1.55 bits per heavy atom. The van der Waals surface area contributed by atoms with Gasteiger partial charge in [-0.3, -0.25) is 5.32 Å². The van der Waals surface area contributed by atoms with Crippen LogP contribution in [0, 0.1) is 0 Å². The molecule has 11 heavy (non-hydrogen) atoms. The van der Waals surface area contributed by atoms with E-state index < -0.39 is 0 Å². The average molecular weight is 158 g/mol. The van der Waals surface area contributed by atoms with Crippen LogP contribution < -0.4 is 5.32 Å². The summed E-state index contributed by atoms with van der Waals surface area (Å²) in [5.41, 5.74) is 0. The molecule has 2 atom stereocenters. The van der Waals surface area contributed by atoms with Gasteiger partial charge in [-0.1, -0.05) is 0 Å². The molecule has 3 heteroatoms. The predicted molar refractivity (Wildman–Crippen MR) is 45.5 cm³/mol. The summed E-state index contributed by atoms with van der Waals surface area (Å²) in [6, 6.07) is 0. The van der Waals surface area contributed by atoms with Gasteiger partial charge in [0.15, 0.2) is 0 Å². The Bertz CT molecular complexity index is 117. The Balaban J connectivity index is 2.08. The molecule has 1 aliphatic heterocycles. The second-order valence-electron chi connectivity index (χ2n) is 3.44. The number of nitrogens with one attached hydrogen (secondary N) is 1. The molecule has 0 aliphatic carbocycles. The maximum absolute atomic E-state index is 5.57. The topological polar surface area (TPSA) is 24.5 Å². The van der Waals surface area contributed by atoms with Crippen LogP contribution in [0.1, 0.15) is 13.3 Å². The zero-order chi connectivity index (χ0) is 8.27. The highest BCUT2D eigenvalue weighted by molar-refractivity contribution is 4.70. The van der Waals surface area contributed by atoms with Gasteiger partial charge in [-0.25, -0.2) is 0 Å². The van der Waals surface area contributed by atoms with Crippen molar-refractivity contribution in [2.75, 3.05) is 27.2 Å². The second-order valence-corrected chi connectivity index (χ2v) is 3.44. The molecule has 0 amide bonds. The first kappa shape index (κ1) is 8.97. The molecule has 0 radical (unpaired) electrons. The molecular weight excluding hydrogens is 140 g/mol. The lowest BCUT2D eigenvalue weighted by Crippen LogP contribution is -2.27. The third-order valence-corrected chi connectivity index (χ3v) is 1.87. The Morgan fingerprint density at radius 3 is 2.73 bits per heavy atom. The maximum Gasteiger partial charge on any atom is 0.109 e. The molecule has 0 aromatic rings. The normalized spacial score (nSPS) is 31.6. The standard InChI is InChI=1S/C8H18N2O/c1-7-6-9-8(11-7)4-5-10(2)3/h7-9H,4-6H2,1-3H3. The first-order valence-electron chi connectivity index (χ1n) is 4.22. The fourth-order valence-electron chi connectivity index (χ4n) is 1.22. The van der Waals surface area contributed by atoms with Crippen molar-refractivity contribution >= 4 is 0 Å². The fourth-order valence-corrected chi connectivity index (χ4v) is 1.22. The van der Waals surface area contributed by atoms with Crippen LogP contribution in [0.4, 0.5) is 0 Å². The van der Waals surface area contributed by atoms with Gasteiger partial charge < -0.3 is 9.64 Å². The third kappa shape index (κ3) is 3.18. The van der Waals surface area contributed by atoms with Crippen molar-refractivity contribution < 1.29 is 4.74 Å². The monoisotopic (exact) mass is 158 g/mol. The Morgan fingerprint density at radius 2 is 2.27 bits per heavy atom. The van der Waals surface area contributed by atoms with Crippen LogP contribution in [0.2, 0.25) is 0 Å². The largest absolute Gasteiger partial charge is 0.359 e. The minimum Gasteiger partial charge on any atom is -0.359 e. The summed E-state index contributed by atoms with van der Waals surface area (Å²) < 4.78 is 5.57. The molecule has 1 aliphatic rings. The van der Waals surface area contributed by atoms with Gasteiger partial charge in [-0.05, 0) is 27.4 Å². The van der Waals surface area contributed by atoms with E-state index in [0.717, 1.165) is 19.5 Å². The van der Waals surface area contributed by atoms with E-state index >= 15 is 0 Å². The molecular formula is C8H18N2O. The summed E-state index contributed by atoms with van der Waals surface area (Å²) in [5.74, 6) is 0. The SMILES string of the molecule is CC1CNC(CCN(C)C)O1. The van der Waals surface area contributed by atoms with Crippen LogP contribution in [0.5, 0.6) is 0 Å². The van der Waals surface area contributed by atoms with Crippen molar-refractivity contribution in [1.29, 1.82) is 0 Å². The minimum atomic E-state index is 0.285. The van der Waals surface area contributed by atoms with Crippen molar-refractivity contribution in [3.63, 3.8) is 0 Å². The lowest BCUT2D eigenvalue weighted by Gasteiger charge is -2.14. The molecule has 1 N–H and O–H groups in total. The van der Waals surface area contributed by atoms with Gasteiger partial charge in [0.05, 0.1) is 6.10 Å². The summed E-state index contributed by atoms with van der Waals surface area (Å²) in [6.07, 6.45) is 1.76. The molecule has 1 saturated heterocycles. The Labute approximate surface area is 68.7 Å². The maximum atomic E-state index is 5.57. The number of nitrogens with zero attached hydrogens (tertiary/aromatic N) is 1. The Hall–Kier alpha value is -0.120. The lowest BCUT2D eigenvalue weighted by atomic mass is 10.3. The van der Waals surface area contributed by atoms with Crippen molar-refractivity contribution in [2.45, 2.75) is 25.7 Å². The predicted octanol–water partition coefficient (Wildman–Crippen LogP) is 0.273. The molecule has 2 unspecified atom stereocenters. The van der Waals surface area contributed by atoms with E-state index in [1.54, 1.807) is 0 Å². The number of hydrogen-bond acceptors (Lipinski definition) is 3. The molecule has 0 aromatic heterocycles. The summed E-state index contributed by atoms with van der Waals surface area (Å²) in [5, 5.41) is 3.31. The molecule has 0 aromatic carbocycles. The Kier molecular flexibility index (Phi) is 3.30. The fraction of sp³-hybridized carbons (Fsp3) is 1.00. The molecule has 66 valence electrons. The van der Waals surface area contributed by atoms with Crippen molar-refractivity contribution in [3.8, 4) is 0 Å². The first-order valence-corrected chi connectivity index (χ1v) is 4.22. The van der Waals surface area contributed by atoms with E-state index in [1.165, 1.54) is 0 Å². The van der Waals surface area contributed by atoms with Crippen LogP contribution >= 0.6 is 0 Å². The molecule has 0 spiro atoms. The van der Waals surface area contributed by atoms with E-state index in [2.05, 4.69) is 31.2 Å². The van der Waals surface area contributed by atoms with Gasteiger partial charge in [-0.2, -0.15) is 0 Å². The first-order chi connectivity index (χ1) is 5.18. The quantitative estimate of drug-likeness (QED) is 0.638. The minimum absolute atomic E-state index is 0.285. The van der Waals surface area contributed by atoms with Gasteiger partial charge in [0, 0.05) is 13.1 Å². The summed E-state index contributed by atoms with van der Waals surface area (Å²) >= 11 is 0. The van der Waals surface area contributed by atoms with Gasteiger partial charge in [0.25, 0.3) is 0 Å². The van der Waals surface area contributed by atoms with Gasteiger partial charge >= 0.3 is 0 Å². The van der Waals surface area contributed by atoms with Crippen LogP contribution in [0.3, 0.4) is 0 Å². The van der Waals surface area contributed by atoms with Crippen LogP contribution in [-0.4, -0.2) is 44.4 Å². The molecule has 1 rings (SSSR count). The summed E-state index contributed by atoms with van der Waals surface area (Å²) in [4.78, 5) is 2.17. The number of ether oxygens (including phenoxy) is 1. The van der Waals surface area contributed by atoms with E-state index in [-0.39, 0.29) is 6.23 Å². The second kappa shape index (κ2) is 4.04. The van der Waals surface area contributed by atoms with Crippen LogP contribution in [-0.2, 0) is 4.74 Å². The average Bonchev–Trinajstić information content (AvgIpc) is 2.31. The highest BCUT2D eigenvalue weighted by Gasteiger charge is 2.19. The highest BCUT2D eigenvalue weighted by atomic mass is 16.5. The summed E-state index contributed by atoms with van der Waals surface area (Å²) in [6.45, 7) is 4.19. The zero-order valence-corrected chi connectivity index (χ0v) is 7.63. The molecule has 0 saturated carbocycles. The van der Waals surface area contributed by atoms with E-state index in [0.29, 0.717) is 6.10 Å². The molecule has 1 heterocycles. The van der Waals surface area contributed by atoms with Crippen molar-refractivity contribution in [2.24, 2.45) is 0 Å². The third-order valence-electron chi connectivity index (χ3n) is 1.87. The van der Waals surface area contributed by atoms with Crippen molar-refractivity contribution in [1.82, 2.24) is 10.2 Å². The highest BCUT2D eigenvalue weighted by Crippen LogP contribution is 2.06. The zero-order valence-electron chi connectivity index (χ0n) is 7.63. The smallest absolute Gasteiger partial charge is 0.109 e. The van der Waals surface area contributed by atoms with E-state index in [4.69, 9.17) is 4.74 Å². The van der Waals surface area contributed by atoms with E-state index in [9.17, 15) is 0 Å².